The number of rotatable bonds is 14. The average molecular weight is 651 g/mol. The quantitative estimate of drug-likeness (QED) is 0.136. The Morgan fingerprint density at radius 2 is 1.85 bits per heavy atom. The molecule has 0 spiro atoms. The zero-order chi connectivity index (χ0) is 33.7. The second kappa shape index (κ2) is 16.7. The van der Waals surface area contributed by atoms with E-state index in [4.69, 9.17) is 31.8 Å². The SMILES string of the molecule is C#CCOC(=O)OC[C@H]1O[C@@H](n2ccc(NC(=O)OCc3cn(C(C)CCCCC)nn3)nc2=O)C(F)(F)C1OC(=O)OCC#C. The minimum atomic E-state index is -4.10. The normalized spacial score (nSPS) is 18.8. The van der Waals surface area contributed by atoms with E-state index in [9.17, 15) is 19.2 Å². The van der Waals surface area contributed by atoms with Crippen LogP contribution in [0.5, 0.6) is 0 Å². The van der Waals surface area contributed by atoms with Crippen molar-refractivity contribution in [1.29, 1.82) is 0 Å². The highest BCUT2D eigenvalue weighted by Crippen LogP contribution is 2.44. The zero-order valence-corrected chi connectivity index (χ0v) is 24.9. The van der Waals surface area contributed by atoms with Gasteiger partial charge in [-0.1, -0.05) is 43.2 Å². The summed E-state index contributed by atoms with van der Waals surface area (Å²) in [4.78, 5) is 52.2. The van der Waals surface area contributed by atoms with Gasteiger partial charge in [-0.15, -0.1) is 17.9 Å². The highest BCUT2D eigenvalue weighted by Gasteiger charge is 2.63. The first kappa shape index (κ1) is 35.3. The summed E-state index contributed by atoms with van der Waals surface area (Å²) in [6.45, 7) is 1.92. The number of hydrogen-bond acceptors (Lipinski definition) is 13. The number of anilines is 1. The molecule has 1 aliphatic rings. The predicted octanol–water partition coefficient (Wildman–Crippen LogP) is 3.20. The van der Waals surface area contributed by atoms with Gasteiger partial charge in [0.1, 0.15) is 30.8 Å². The van der Waals surface area contributed by atoms with Gasteiger partial charge in [0.25, 0.3) is 0 Å². The summed E-state index contributed by atoms with van der Waals surface area (Å²) in [7, 11) is 0. The monoisotopic (exact) mass is 650 g/mol. The summed E-state index contributed by atoms with van der Waals surface area (Å²) >= 11 is 0. The number of amides is 1. The van der Waals surface area contributed by atoms with Crippen molar-refractivity contribution >= 4 is 24.2 Å². The Hall–Kier alpha value is -5.23. The Morgan fingerprint density at radius 1 is 1.13 bits per heavy atom. The van der Waals surface area contributed by atoms with Crippen molar-refractivity contribution < 1.29 is 51.6 Å². The van der Waals surface area contributed by atoms with Gasteiger partial charge in [0.05, 0.1) is 12.2 Å². The molecule has 1 aliphatic heterocycles. The van der Waals surface area contributed by atoms with Crippen LogP contribution in [0.15, 0.2) is 23.3 Å². The Kier molecular flexibility index (Phi) is 12.8. The summed E-state index contributed by atoms with van der Waals surface area (Å²) in [5, 5.41) is 10.2. The Balaban J connectivity index is 1.66. The van der Waals surface area contributed by atoms with Crippen LogP contribution < -0.4 is 11.0 Å². The van der Waals surface area contributed by atoms with Gasteiger partial charge in [-0.2, -0.15) is 13.8 Å². The highest BCUT2D eigenvalue weighted by atomic mass is 19.3. The lowest BCUT2D eigenvalue weighted by atomic mass is 10.1. The molecule has 0 aromatic carbocycles. The molecule has 1 fully saturated rings. The smallest absolute Gasteiger partial charge is 0.443 e. The van der Waals surface area contributed by atoms with Gasteiger partial charge in [0.2, 0.25) is 12.3 Å². The lowest BCUT2D eigenvalue weighted by Gasteiger charge is -2.23. The van der Waals surface area contributed by atoms with Crippen LogP contribution in [-0.4, -0.2) is 80.9 Å². The molecule has 2 aromatic heterocycles. The molecule has 2 unspecified atom stereocenters. The van der Waals surface area contributed by atoms with Gasteiger partial charge in [-0.05, 0) is 19.4 Å². The molecule has 0 bridgehead atoms. The van der Waals surface area contributed by atoms with Crippen LogP contribution in [0.1, 0.15) is 57.5 Å². The molecule has 18 heteroatoms. The predicted molar refractivity (Wildman–Crippen MR) is 151 cm³/mol. The van der Waals surface area contributed by atoms with Crippen LogP contribution in [0.25, 0.3) is 0 Å². The fourth-order valence-electron chi connectivity index (χ4n) is 4.14. The molecule has 46 heavy (non-hydrogen) atoms. The minimum absolute atomic E-state index is 0.107. The first-order valence-electron chi connectivity index (χ1n) is 14.0. The minimum Gasteiger partial charge on any atom is -0.443 e. The third-order valence-corrected chi connectivity index (χ3v) is 6.38. The summed E-state index contributed by atoms with van der Waals surface area (Å²) in [6, 6.07) is 1.13. The molecule has 248 valence electrons. The molecule has 1 saturated heterocycles. The summed E-state index contributed by atoms with van der Waals surface area (Å²) in [5.74, 6) is -0.461. The molecule has 1 amide bonds. The fraction of sp³-hybridized carbons (Fsp3) is 0.536. The van der Waals surface area contributed by atoms with Gasteiger partial charge >= 0.3 is 30.0 Å². The van der Waals surface area contributed by atoms with Gasteiger partial charge in [0, 0.05) is 6.20 Å². The van der Waals surface area contributed by atoms with Gasteiger partial charge < -0.3 is 28.4 Å². The number of aromatic nitrogens is 5. The van der Waals surface area contributed by atoms with E-state index < -0.39 is 68.3 Å². The van der Waals surface area contributed by atoms with E-state index in [0.29, 0.717) is 10.3 Å². The maximum absolute atomic E-state index is 15.5. The molecular formula is C28H32F2N6O10. The number of terminal acetylenes is 2. The molecule has 1 N–H and O–H groups in total. The standard InChI is InChI=1S/C28H32F2N6O10/c1-5-8-9-10-18(4)36-15-19(33-34-36)16-43-25(38)32-21-11-12-35(24(37)31-21)23-28(29,30)22(46-27(40)42-14-7-3)20(45-23)17-44-26(39)41-13-6-2/h2-3,11-12,15,18,20,22-23H,5,8-10,13-14,16-17H2,1,4H3,(H,31,32,37,38)/t18?,20-,22?,23-/m1/s1. The maximum Gasteiger partial charge on any atom is 0.509 e. The third-order valence-electron chi connectivity index (χ3n) is 6.38. The van der Waals surface area contributed by atoms with Crippen molar-refractivity contribution in [2.24, 2.45) is 0 Å². The fourth-order valence-corrected chi connectivity index (χ4v) is 4.14. The molecule has 0 saturated carbocycles. The number of carbonyl (C=O) groups is 3. The van der Waals surface area contributed by atoms with Crippen LogP contribution >= 0.6 is 0 Å². The van der Waals surface area contributed by atoms with Crippen molar-refractivity contribution in [2.45, 2.75) is 76.5 Å². The molecule has 16 nitrogen and oxygen atoms in total. The van der Waals surface area contributed by atoms with E-state index in [2.05, 4.69) is 37.0 Å². The van der Waals surface area contributed by atoms with Crippen LogP contribution in [-0.2, 0) is 35.0 Å². The number of hydrogen-bond donors (Lipinski definition) is 1. The lowest BCUT2D eigenvalue weighted by molar-refractivity contribution is -0.146. The molecule has 4 atom stereocenters. The van der Waals surface area contributed by atoms with Crippen molar-refractivity contribution in [2.75, 3.05) is 25.1 Å². The number of nitrogens with zero attached hydrogens (tertiary/aromatic N) is 5. The Bertz CT molecular complexity index is 1500. The van der Waals surface area contributed by atoms with E-state index in [1.807, 2.05) is 18.8 Å². The summed E-state index contributed by atoms with van der Waals surface area (Å²) < 4.78 is 61.9. The van der Waals surface area contributed by atoms with Crippen molar-refractivity contribution in [3.63, 3.8) is 0 Å². The average Bonchev–Trinajstić information content (AvgIpc) is 3.59. The molecule has 3 rings (SSSR count). The molecule has 0 radical (unpaired) electrons. The first-order chi connectivity index (χ1) is 22.0. The van der Waals surface area contributed by atoms with E-state index in [1.165, 1.54) is 0 Å². The molecular weight excluding hydrogens is 618 g/mol. The molecule has 0 aliphatic carbocycles. The third kappa shape index (κ3) is 9.63. The second-order valence-corrected chi connectivity index (χ2v) is 9.77. The highest BCUT2D eigenvalue weighted by molar-refractivity contribution is 5.83. The van der Waals surface area contributed by atoms with Crippen LogP contribution in [0.2, 0.25) is 0 Å². The van der Waals surface area contributed by atoms with Crippen molar-refractivity contribution in [3.8, 4) is 24.7 Å². The largest absolute Gasteiger partial charge is 0.509 e. The second-order valence-electron chi connectivity index (χ2n) is 9.77. The van der Waals surface area contributed by atoms with Gasteiger partial charge in [-0.25, -0.2) is 23.9 Å². The van der Waals surface area contributed by atoms with Crippen LogP contribution in [0, 0.1) is 24.7 Å². The van der Waals surface area contributed by atoms with E-state index in [0.717, 1.165) is 37.9 Å². The maximum atomic E-state index is 15.5. The number of halogens is 2. The number of carbonyl (C=O) groups excluding carboxylic acids is 3. The van der Waals surface area contributed by atoms with E-state index in [1.54, 1.807) is 10.9 Å². The lowest BCUT2D eigenvalue weighted by Crippen LogP contribution is -2.45. The number of nitrogens with one attached hydrogen (secondary N) is 1. The van der Waals surface area contributed by atoms with E-state index >= 15 is 8.78 Å². The summed E-state index contributed by atoms with van der Waals surface area (Å²) in [6.07, 6.45) is 6.09. The van der Waals surface area contributed by atoms with Crippen molar-refractivity contribution in [3.05, 3.63) is 34.6 Å². The van der Waals surface area contributed by atoms with Gasteiger partial charge in [-0.3, -0.25) is 9.88 Å². The number of alkyl halides is 2. The van der Waals surface area contributed by atoms with Crippen LogP contribution in [0.4, 0.5) is 29.0 Å². The number of ether oxygens (including phenoxy) is 6. The van der Waals surface area contributed by atoms with E-state index in [-0.39, 0.29) is 18.5 Å². The topological polar surface area (TPSA) is 184 Å². The Labute approximate surface area is 261 Å². The summed E-state index contributed by atoms with van der Waals surface area (Å²) in [5.41, 5.74) is -0.907. The molecule has 3 heterocycles. The van der Waals surface area contributed by atoms with Crippen LogP contribution in [0.3, 0.4) is 0 Å². The first-order valence-corrected chi connectivity index (χ1v) is 14.0. The van der Waals surface area contributed by atoms with Gasteiger partial charge in [0.15, 0.2) is 13.2 Å². The van der Waals surface area contributed by atoms with Crippen molar-refractivity contribution in [1.82, 2.24) is 24.5 Å². The Morgan fingerprint density at radius 3 is 2.52 bits per heavy atom. The zero-order valence-electron chi connectivity index (χ0n) is 24.9. The number of unbranched alkanes of at least 4 members (excludes halogenated alkanes) is 2. The molecule has 2 aromatic rings.